The summed E-state index contributed by atoms with van der Waals surface area (Å²) >= 11 is 1.47. The Morgan fingerprint density at radius 2 is 1.56 bits per heavy atom. The van der Waals surface area contributed by atoms with Crippen molar-refractivity contribution >= 4 is 23.0 Å². The minimum absolute atomic E-state index is 0.00654. The molecule has 0 fully saturated rings. The van der Waals surface area contributed by atoms with Crippen molar-refractivity contribution < 1.29 is 36.2 Å². The van der Waals surface area contributed by atoms with Gasteiger partial charge in [-0.2, -0.15) is 11.3 Å². The predicted octanol–water partition coefficient (Wildman–Crippen LogP) is 7.89. The minimum Gasteiger partial charge on any atom is -0.460 e. The highest BCUT2D eigenvalue weighted by molar-refractivity contribution is 7.07. The van der Waals surface area contributed by atoms with Crippen molar-refractivity contribution in [2.24, 2.45) is 10.9 Å². The monoisotopic (exact) mass is 557 g/mol. The third kappa shape index (κ3) is 6.17. The Kier molecular flexibility index (Phi) is 7.47. The summed E-state index contributed by atoms with van der Waals surface area (Å²) in [6.07, 6.45) is -4.79. The first-order valence-electron chi connectivity index (χ1n) is 11.8. The van der Waals surface area contributed by atoms with Crippen LogP contribution in [0.1, 0.15) is 29.2 Å². The van der Waals surface area contributed by atoms with Crippen molar-refractivity contribution in [2.45, 2.75) is 25.4 Å². The van der Waals surface area contributed by atoms with Gasteiger partial charge < -0.3 is 9.47 Å². The molecular weight excluding hydrogens is 537 g/mol. The summed E-state index contributed by atoms with van der Waals surface area (Å²) in [5.41, 5.74) is 2.68. The van der Waals surface area contributed by atoms with Gasteiger partial charge in [0.2, 0.25) is 0 Å². The first-order valence-corrected chi connectivity index (χ1v) is 12.8. The van der Waals surface area contributed by atoms with Crippen LogP contribution >= 0.6 is 11.3 Å². The van der Waals surface area contributed by atoms with Gasteiger partial charge in [0.1, 0.15) is 24.0 Å². The molecule has 4 nitrogen and oxygen atoms in total. The lowest BCUT2D eigenvalue weighted by atomic mass is 9.90. The number of carbonyl (C=O) groups is 1. The SMILES string of the molecule is O=C(OCc1ccsc1)C1CC(c2c(F)cccc2F)=NC1c1ccc(-c2ccc(OC(F)(F)F)cc2)cc1. The zero-order chi connectivity index (χ0) is 27.6. The quantitative estimate of drug-likeness (QED) is 0.172. The second kappa shape index (κ2) is 11.0. The van der Waals surface area contributed by atoms with Crippen molar-refractivity contribution in [3.8, 4) is 16.9 Å². The lowest BCUT2D eigenvalue weighted by Crippen LogP contribution is -2.22. The van der Waals surface area contributed by atoms with Gasteiger partial charge >= 0.3 is 12.3 Å². The van der Waals surface area contributed by atoms with E-state index in [1.54, 1.807) is 24.3 Å². The van der Waals surface area contributed by atoms with Crippen LogP contribution in [-0.4, -0.2) is 18.0 Å². The maximum Gasteiger partial charge on any atom is 0.573 e. The van der Waals surface area contributed by atoms with E-state index in [9.17, 15) is 26.7 Å². The van der Waals surface area contributed by atoms with E-state index in [2.05, 4.69) is 9.73 Å². The third-order valence-corrected chi connectivity index (χ3v) is 7.01. The largest absolute Gasteiger partial charge is 0.573 e. The molecule has 200 valence electrons. The first-order chi connectivity index (χ1) is 18.7. The topological polar surface area (TPSA) is 47.9 Å². The fraction of sp³-hybridized carbons (Fsp3) is 0.172. The molecule has 0 aliphatic carbocycles. The molecule has 2 atom stereocenters. The van der Waals surface area contributed by atoms with E-state index in [0.717, 1.165) is 17.7 Å². The van der Waals surface area contributed by atoms with Crippen LogP contribution in [0.15, 0.2) is 88.5 Å². The standard InChI is InChI=1S/C29H20F5NO3S/c30-23-2-1-3-24(31)26(23)25-14-22(28(36)37-15-17-12-13-39-16-17)27(35-25)20-6-4-18(5-7-20)19-8-10-21(11-9-19)38-29(32,33)34/h1-13,16,22,27H,14-15H2. The molecule has 10 heteroatoms. The number of alkyl halides is 3. The Labute approximate surface area is 224 Å². The van der Waals surface area contributed by atoms with Gasteiger partial charge in [-0.25, -0.2) is 8.78 Å². The summed E-state index contributed by atoms with van der Waals surface area (Å²) in [5, 5.41) is 3.72. The van der Waals surface area contributed by atoms with Crippen molar-refractivity contribution in [2.75, 3.05) is 0 Å². The highest BCUT2D eigenvalue weighted by Gasteiger charge is 2.39. The lowest BCUT2D eigenvalue weighted by Gasteiger charge is -2.17. The van der Waals surface area contributed by atoms with Gasteiger partial charge in [0.15, 0.2) is 0 Å². The zero-order valence-corrected chi connectivity index (χ0v) is 20.9. The van der Waals surface area contributed by atoms with Gasteiger partial charge in [0.25, 0.3) is 0 Å². The van der Waals surface area contributed by atoms with Gasteiger partial charge in [-0.15, -0.1) is 13.2 Å². The molecule has 0 N–H and O–H groups in total. The molecule has 39 heavy (non-hydrogen) atoms. The van der Waals surface area contributed by atoms with E-state index in [4.69, 9.17) is 4.74 Å². The van der Waals surface area contributed by atoms with Gasteiger partial charge in [0.05, 0.1) is 17.5 Å². The van der Waals surface area contributed by atoms with Crippen LogP contribution in [0.25, 0.3) is 11.1 Å². The average molecular weight is 558 g/mol. The van der Waals surface area contributed by atoms with E-state index >= 15 is 0 Å². The molecule has 1 aliphatic heterocycles. The summed E-state index contributed by atoms with van der Waals surface area (Å²) in [5.74, 6) is -3.21. The number of esters is 1. The van der Waals surface area contributed by atoms with Crippen LogP contribution in [0.3, 0.4) is 0 Å². The smallest absolute Gasteiger partial charge is 0.460 e. The summed E-state index contributed by atoms with van der Waals surface area (Å²) in [6.45, 7) is 0.0714. The summed E-state index contributed by atoms with van der Waals surface area (Å²) in [7, 11) is 0. The van der Waals surface area contributed by atoms with Crippen molar-refractivity contribution in [3.05, 3.63) is 112 Å². The molecule has 0 saturated carbocycles. The molecule has 0 amide bonds. The molecule has 2 unspecified atom stereocenters. The Balaban J connectivity index is 1.41. The molecule has 4 aromatic rings. The lowest BCUT2D eigenvalue weighted by molar-refractivity contribution is -0.274. The third-order valence-electron chi connectivity index (χ3n) is 6.28. The number of carbonyl (C=O) groups excluding carboxylic acids is 1. The number of benzene rings is 3. The van der Waals surface area contributed by atoms with E-state index in [1.165, 1.54) is 41.7 Å². The van der Waals surface area contributed by atoms with E-state index in [1.807, 2.05) is 16.8 Å². The molecule has 1 aliphatic rings. The maximum absolute atomic E-state index is 14.5. The van der Waals surface area contributed by atoms with Crippen LogP contribution in [0.5, 0.6) is 5.75 Å². The number of thiophene rings is 1. The molecule has 0 radical (unpaired) electrons. The fourth-order valence-electron chi connectivity index (χ4n) is 4.45. The number of hydrogen-bond acceptors (Lipinski definition) is 5. The molecule has 5 rings (SSSR count). The summed E-state index contributed by atoms with van der Waals surface area (Å²) in [6, 6.07) is 17.0. The maximum atomic E-state index is 14.5. The molecule has 0 spiro atoms. The van der Waals surface area contributed by atoms with Crippen molar-refractivity contribution in [1.29, 1.82) is 0 Å². The number of aliphatic imine (C=N–C) groups is 1. The van der Waals surface area contributed by atoms with Crippen LogP contribution in [0.4, 0.5) is 22.0 Å². The molecule has 0 bridgehead atoms. The van der Waals surface area contributed by atoms with Gasteiger partial charge in [-0.05, 0) is 57.8 Å². The fourth-order valence-corrected chi connectivity index (χ4v) is 5.10. The van der Waals surface area contributed by atoms with Crippen molar-refractivity contribution in [1.82, 2.24) is 0 Å². The number of rotatable bonds is 7. The van der Waals surface area contributed by atoms with Gasteiger partial charge in [-0.3, -0.25) is 9.79 Å². The Hall–Kier alpha value is -4.05. The van der Waals surface area contributed by atoms with Crippen LogP contribution < -0.4 is 4.74 Å². The highest BCUT2D eigenvalue weighted by atomic mass is 32.1. The van der Waals surface area contributed by atoms with E-state index < -0.39 is 35.9 Å². The Morgan fingerprint density at radius 3 is 2.15 bits per heavy atom. The second-order valence-corrected chi connectivity index (χ2v) is 9.64. The molecule has 1 aromatic heterocycles. The highest BCUT2D eigenvalue weighted by Crippen LogP contribution is 2.39. The number of hydrogen-bond donors (Lipinski definition) is 0. The number of nitrogens with zero attached hydrogens (tertiary/aromatic N) is 1. The zero-order valence-electron chi connectivity index (χ0n) is 20.1. The molecule has 3 aromatic carbocycles. The van der Waals surface area contributed by atoms with E-state index in [0.29, 0.717) is 16.7 Å². The second-order valence-electron chi connectivity index (χ2n) is 8.86. The van der Waals surface area contributed by atoms with Crippen LogP contribution in [-0.2, 0) is 16.1 Å². The van der Waals surface area contributed by atoms with Crippen molar-refractivity contribution in [3.63, 3.8) is 0 Å². The molecule has 2 heterocycles. The predicted molar refractivity (Wildman–Crippen MR) is 136 cm³/mol. The normalized spacial score (nSPS) is 17.1. The molecular formula is C29H20F5NO3S. The first kappa shape index (κ1) is 26.6. The summed E-state index contributed by atoms with van der Waals surface area (Å²) < 4.78 is 75.8. The molecule has 0 saturated heterocycles. The van der Waals surface area contributed by atoms with E-state index in [-0.39, 0.29) is 30.1 Å². The van der Waals surface area contributed by atoms with Crippen LogP contribution in [0.2, 0.25) is 0 Å². The Bertz CT molecular complexity index is 1460. The van der Waals surface area contributed by atoms with Gasteiger partial charge in [0, 0.05) is 17.7 Å². The van der Waals surface area contributed by atoms with Crippen LogP contribution in [0, 0.1) is 17.6 Å². The average Bonchev–Trinajstić information content (AvgIpc) is 3.58. The van der Waals surface area contributed by atoms with Gasteiger partial charge in [-0.1, -0.05) is 42.5 Å². The minimum atomic E-state index is -4.78. The summed E-state index contributed by atoms with van der Waals surface area (Å²) in [4.78, 5) is 17.7. The number of halogens is 5. The number of ether oxygens (including phenoxy) is 2. The Morgan fingerprint density at radius 1 is 0.923 bits per heavy atom.